The van der Waals surface area contributed by atoms with Crippen LogP contribution in [0.2, 0.25) is 0 Å². The molecule has 0 unspecified atom stereocenters. The number of nitrogens with one attached hydrogen (secondary N) is 2. The number of azo groups is 1. The molecule has 2 rings (SSSR count). The van der Waals surface area contributed by atoms with Crippen LogP contribution in [0.3, 0.4) is 0 Å². The Morgan fingerprint density at radius 3 is 2.26 bits per heavy atom. The predicted octanol–water partition coefficient (Wildman–Crippen LogP) is 3.90. The van der Waals surface area contributed by atoms with Gasteiger partial charge in [0.05, 0.1) is 5.69 Å². The molecule has 0 bridgehead atoms. The third kappa shape index (κ3) is 3.11. The lowest BCUT2D eigenvalue weighted by molar-refractivity contribution is -0.140. The van der Waals surface area contributed by atoms with Crippen molar-refractivity contribution in [3.8, 4) is 0 Å². The number of aromatic amines is 2. The first-order chi connectivity index (χ1) is 8.88. The normalized spacial score (nSPS) is 12.2. The molecule has 0 fully saturated rings. The molecule has 1 heterocycles. The first kappa shape index (κ1) is 13.5. The third-order valence-corrected chi connectivity index (χ3v) is 2.66. The van der Waals surface area contributed by atoms with Crippen LogP contribution in [0.1, 0.15) is 5.69 Å². The maximum absolute atomic E-state index is 12.5. The van der Waals surface area contributed by atoms with Gasteiger partial charge in [0.25, 0.3) is 5.56 Å². The van der Waals surface area contributed by atoms with Crippen LogP contribution >= 0.6 is 15.9 Å². The van der Waals surface area contributed by atoms with Crippen LogP contribution in [0, 0.1) is 0 Å². The lowest BCUT2D eigenvalue weighted by Gasteiger charge is -2.02. The molecular weight excluding hydrogens is 329 g/mol. The molecule has 1 aromatic carbocycles. The summed E-state index contributed by atoms with van der Waals surface area (Å²) in [5.74, 6) is 0. The molecule has 0 aliphatic carbocycles. The molecular formula is C10H6BrF3N4O. The Balaban J connectivity index is 2.36. The van der Waals surface area contributed by atoms with Crippen molar-refractivity contribution in [1.29, 1.82) is 0 Å². The van der Waals surface area contributed by atoms with E-state index in [0.29, 0.717) is 5.69 Å². The predicted molar refractivity (Wildman–Crippen MR) is 64.7 cm³/mol. The number of H-pyrrole nitrogens is 2. The van der Waals surface area contributed by atoms with Crippen molar-refractivity contribution < 1.29 is 13.2 Å². The van der Waals surface area contributed by atoms with Crippen molar-refractivity contribution >= 4 is 27.3 Å². The number of aromatic nitrogens is 2. The van der Waals surface area contributed by atoms with E-state index in [9.17, 15) is 18.0 Å². The van der Waals surface area contributed by atoms with Gasteiger partial charge in [0, 0.05) is 4.47 Å². The highest BCUT2D eigenvalue weighted by molar-refractivity contribution is 9.10. The topological polar surface area (TPSA) is 73.4 Å². The van der Waals surface area contributed by atoms with Crippen molar-refractivity contribution in [3.05, 3.63) is 44.8 Å². The smallest absolute Gasteiger partial charge is 0.292 e. The van der Waals surface area contributed by atoms with Crippen LogP contribution in [0.15, 0.2) is 43.8 Å². The largest absolute Gasteiger partial charge is 0.435 e. The summed E-state index contributed by atoms with van der Waals surface area (Å²) in [6.45, 7) is 0. The molecule has 0 amide bonds. The van der Waals surface area contributed by atoms with Gasteiger partial charge < -0.3 is 0 Å². The Bertz CT molecular complexity index is 657. The van der Waals surface area contributed by atoms with E-state index < -0.39 is 23.1 Å². The summed E-state index contributed by atoms with van der Waals surface area (Å²) in [5.41, 5.74) is -2.70. The van der Waals surface area contributed by atoms with Gasteiger partial charge in [-0.1, -0.05) is 15.9 Å². The van der Waals surface area contributed by atoms with Crippen molar-refractivity contribution in [2.45, 2.75) is 6.18 Å². The van der Waals surface area contributed by atoms with E-state index in [0.717, 1.165) is 4.47 Å². The molecule has 0 aliphatic heterocycles. The second kappa shape index (κ2) is 5.00. The Kier molecular flexibility index (Phi) is 3.56. The minimum Gasteiger partial charge on any atom is -0.292 e. The molecule has 0 spiro atoms. The van der Waals surface area contributed by atoms with Crippen molar-refractivity contribution in [3.63, 3.8) is 0 Å². The molecule has 9 heteroatoms. The number of halogens is 4. The van der Waals surface area contributed by atoms with Crippen LogP contribution < -0.4 is 5.56 Å². The summed E-state index contributed by atoms with van der Waals surface area (Å²) in [4.78, 5) is 11.2. The zero-order valence-electron chi connectivity index (χ0n) is 9.12. The number of rotatable bonds is 2. The zero-order valence-corrected chi connectivity index (χ0v) is 10.7. The van der Waals surface area contributed by atoms with Gasteiger partial charge in [-0.05, 0) is 24.3 Å². The van der Waals surface area contributed by atoms with Gasteiger partial charge in [-0.25, -0.2) is 0 Å². The second-order valence-corrected chi connectivity index (χ2v) is 4.39. The van der Waals surface area contributed by atoms with Crippen LogP contribution in [0.4, 0.5) is 24.5 Å². The molecule has 0 saturated carbocycles. The Labute approximate surface area is 112 Å². The zero-order chi connectivity index (χ0) is 14.0. The highest BCUT2D eigenvalue weighted by Gasteiger charge is 2.37. The van der Waals surface area contributed by atoms with Crippen molar-refractivity contribution in [2.75, 3.05) is 0 Å². The lowest BCUT2D eigenvalue weighted by Crippen LogP contribution is -2.06. The molecule has 2 aromatic rings. The molecule has 0 saturated heterocycles. The van der Waals surface area contributed by atoms with E-state index in [2.05, 4.69) is 26.2 Å². The maximum Gasteiger partial charge on any atom is 0.435 e. The van der Waals surface area contributed by atoms with E-state index in [1.165, 1.54) is 0 Å². The summed E-state index contributed by atoms with van der Waals surface area (Å²) >= 11 is 3.20. The van der Waals surface area contributed by atoms with Crippen molar-refractivity contribution in [2.24, 2.45) is 10.2 Å². The van der Waals surface area contributed by atoms with Gasteiger partial charge in [0.15, 0.2) is 11.4 Å². The Morgan fingerprint density at radius 2 is 1.68 bits per heavy atom. The Morgan fingerprint density at radius 1 is 1.05 bits per heavy atom. The van der Waals surface area contributed by atoms with E-state index in [-0.39, 0.29) is 0 Å². The van der Waals surface area contributed by atoms with Gasteiger partial charge >= 0.3 is 6.18 Å². The molecule has 1 aromatic heterocycles. The molecule has 2 N–H and O–H groups in total. The fraction of sp³-hybridized carbons (Fsp3) is 0.100. The molecule has 0 aliphatic rings. The third-order valence-electron chi connectivity index (χ3n) is 2.13. The number of benzene rings is 1. The van der Waals surface area contributed by atoms with Crippen LogP contribution in [0.5, 0.6) is 0 Å². The van der Waals surface area contributed by atoms with Gasteiger partial charge in [-0.3, -0.25) is 15.0 Å². The van der Waals surface area contributed by atoms with Crippen molar-refractivity contribution in [1.82, 2.24) is 10.2 Å². The number of hydrogen-bond donors (Lipinski definition) is 2. The number of hydrogen-bond acceptors (Lipinski definition) is 3. The van der Waals surface area contributed by atoms with E-state index in [4.69, 9.17) is 0 Å². The van der Waals surface area contributed by atoms with Crippen LogP contribution in [-0.4, -0.2) is 10.2 Å². The Hall–Kier alpha value is -1.90. The molecule has 19 heavy (non-hydrogen) atoms. The minimum absolute atomic E-state index is 0.330. The molecule has 100 valence electrons. The standard InChI is InChI=1S/C10H6BrF3N4O/c11-5-1-3-6(4-2-5)15-16-7-8(10(12,13)14)17-18-9(7)19/h1-4H,(H2,17,18,19). The summed E-state index contributed by atoms with van der Waals surface area (Å²) in [6, 6.07) is 6.39. The monoisotopic (exact) mass is 334 g/mol. The number of alkyl halides is 3. The molecule has 0 radical (unpaired) electrons. The van der Waals surface area contributed by atoms with Gasteiger partial charge in [0.1, 0.15) is 0 Å². The minimum atomic E-state index is -4.70. The summed E-state index contributed by atoms with van der Waals surface area (Å²) < 4.78 is 38.4. The first-order valence-electron chi connectivity index (χ1n) is 4.93. The summed E-state index contributed by atoms with van der Waals surface area (Å²) in [6.07, 6.45) is -4.70. The summed E-state index contributed by atoms with van der Waals surface area (Å²) in [7, 11) is 0. The quantitative estimate of drug-likeness (QED) is 0.803. The second-order valence-electron chi connectivity index (χ2n) is 3.48. The van der Waals surface area contributed by atoms with Crippen LogP contribution in [-0.2, 0) is 6.18 Å². The van der Waals surface area contributed by atoms with Gasteiger partial charge in [-0.15, -0.1) is 5.11 Å². The fourth-order valence-electron chi connectivity index (χ4n) is 1.27. The lowest BCUT2D eigenvalue weighted by atomic mass is 10.3. The fourth-order valence-corrected chi connectivity index (χ4v) is 1.53. The van der Waals surface area contributed by atoms with E-state index >= 15 is 0 Å². The highest BCUT2D eigenvalue weighted by atomic mass is 79.9. The SMILES string of the molecule is O=c1[nH][nH]c(C(F)(F)F)c1N=Nc1ccc(Br)cc1. The average Bonchev–Trinajstić information content (AvgIpc) is 2.70. The highest BCUT2D eigenvalue weighted by Crippen LogP contribution is 2.33. The van der Waals surface area contributed by atoms with E-state index in [1.807, 2.05) is 5.10 Å². The van der Waals surface area contributed by atoms with Crippen LogP contribution in [0.25, 0.3) is 0 Å². The number of nitrogens with zero attached hydrogens (tertiary/aromatic N) is 2. The maximum atomic E-state index is 12.5. The first-order valence-corrected chi connectivity index (χ1v) is 5.72. The van der Waals surface area contributed by atoms with Gasteiger partial charge in [0.2, 0.25) is 0 Å². The van der Waals surface area contributed by atoms with Gasteiger partial charge in [-0.2, -0.15) is 18.3 Å². The molecule has 5 nitrogen and oxygen atoms in total. The van der Waals surface area contributed by atoms with E-state index in [1.54, 1.807) is 29.4 Å². The summed E-state index contributed by atoms with van der Waals surface area (Å²) in [5, 5.41) is 10.5. The average molecular weight is 335 g/mol. The molecule has 0 atom stereocenters.